The zero-order chi connectivity index (χ0) is 20.6. The van der Waals surface area contributed by atoms with E-state index in [0.29, 0.717) is 30.0 Å². The van der Waals surface area contributed by atoms with Crippen LogP contribution in [0.5, 0.6) is 5.75 Å². The molecule has 1 N–H and O–H groups in total. The van der Waals surface area contributed by atoms with Crippen LogP contribution in [0.15, 0.2) is 24.3 Å². The molecule has 1 aromatic heterocycles. The number of amides is 1. The molecule has 1 aliphatic carbocycles. The minimum atomic E-state index is -0.107. The molecule has 0 aliphatic heterocycles. The van der Waals surface area contributed by atoms with Gasteiger partial charge >= 0.3 is 0 Å². The summed E-state index contributed by atoms with van der Waals surface area (Å²) in [7, 11) is 0. The van der Waals surface area contributed by atoms with E-state index in [1.54, 1.807) is 0 Å². The summed E-state index contributed by atoms with van der Waals surface area (Å²) in [6.07, 6.45) is 7.13. The molecule has 3 rings (SSSR count). The van der Waals surface area contributed by atoms with Crippen LogP contribution in [0.3, 0.4) is 0 Å². The Kier molecular flexibility index (Phi) is 7.79. The molecule has 0 spiro atoms. The Balaban J connectivity index is 1.53. The van der Waals surface area contributed by atoms with Gasteiger partial charge in [-0.3, -0.25) is 4.79 Å². The first kappa shape index (κ1) is 21.5. The van der Waals surface area contributed by atoms with Gasteiger partial charge in [-0.05, 0) is 67.3 Å². The topological polar surface area (TPSA) is 62.1 Å². The number of benzene rings is 1. The molecule has 0 saturated carbocycles. The SMILES string of the molecule is CCCc1ccc(OCCCC(=O)Nc2sc(=S)c3c(c2C#N)CCCC3)cc1. The molecule has 0 saturated heterocycles. The van der Waals surface area contributed by atoms with Gasteiger partial charge in [0, 0.05) is 6.42 Å². The van der Waals surface area contributed by atoms with E-state index < -0.39 is 0 Å². The number of hydrogen-bond donors (Lipinski definition) is 1. The molecule has 2 aromatic rings. The van der Waals surface area contributed by atoms with Crippen molar-refractivity contribution in [1.29, 1.82) is 5.26 Å². The van der Waals surface area contributed by atoms with Crippen LogP contribution in [-0.2, 0) is 24.1 Å². The number of hydrogen-bond acceptors (Lipinski definition) is 5. The molecule has 152 valence electrons. The van der Waals surface area contributed by atoms with Crippen molar-refractivity contribution in [3.63, 3.8) is 0 Å². The molecule has 6 heteroatoms. The molecule has 1 aromatic carbocycles. The number of nitriles is 1. The standard InChI is InChI=1S/C23H26N2O2S2/c1-2-6-16-10-12-17(13-11-16)27-14-5-9-21(26)25-22-20(15-24)18-7-3-4-8-19(18)23(28)29-22/h10-13H,2-9,14H2,1H3,(H,25,26). The van der Waals surface area contributed by atoms with Crippen LogP contribution in [0.1, 0.15) is 61.3 Å². The molecular weight excluding hydrogens is 400 g/mol. The zero-order valence-electron chi connectivity index (χ0n) is 16.8. The molecule has 0 radical (unpaired) electrons. The van der Waals surface area contributed by atoms with Crippen LogP contribution < -0.4 is 10.1 Å². The summed E-state index contributed by atoms with van der Waals surface area (Å²) in [6.45, 7) is 2.64. The fourth-order valence-corrected chi connectivity index (χ4v) is 5.05. The number of nitrogens with one attached hydrogen (secondary N) is 1. The second-order valence-corrected chi connectivity index (χ2v) is 8.95. The van der Waals surface area contributed by atoms with Crippen molar-refractivity contribution in [2.75, 3.05) is 11.9 Å². The lowest BCUT2D eigenvalue weighted by atomic mass is 9.91. The van der Waals surface area contributed by atoms with E-state index in [9.17, 15) is 10.1 Å². The van der Waals surface area contributed by atoms with Crippen LogP contribution in [0.2, 0.25) is 0 Å². The molecular formula is C23H26N2O2S2. The number of fused-ring (bicyclic) bond motifs is 1. The van der Waals surface area contributed by atoms with Crippen LogP contribution in [0.25, 0.3) is 0 Å². The van der Waals surface area contributed by atoms with Gasteiger partial charge in [-0.25, -0.2) is 0 Å². The van der Waals surface area contributed by atoms with Crippen molar-refractivity contribution in [2.45, 2.75) is 58.3 Å². The first-order valence-corrected chi connectivity index (χ1v) is 11.5. The van der Waals surface area contributed by atoms with Gasteiger partial charge in [0.25, 0.3) is 0 Å². The quantitative estimate of drug-likeness (QED) is 0.417. The lowest BCUT2D eigenvalue weighted by Crippen LogP contribution is -2.15. The van der Waals surface area contributed by atoms with Crippen molar-refractivity contribution in [1.82, 2.24) is 0 Å². The second kappa shape index (κ2) is 10.5. The third-order valence-corrected chi connectivity index (χ3v) is 6.52. The fraction of sp³-hybridized carbons (Fsp3) is 0.435. The highest BCUT2D eigenvalue weighted by Crippen LogP contribution is 2.34. The van der Waals surface area contributed by atoms with E-state index in [4.69, 9.17) is 17.0 Å². The fourth-order valence-electron chi connectivity index (χ4n) is 3.61. The van der Waals surface area contributed by atoms with Gasteiger partial charge in [-0.1, -0.05) is 37.7 Å². The summed E-state index contributed by atoms with van der Waals surface area (Å²) in [5, 5.41) is 13.1. The summed E-state index contributed by atoms with van der Waals surface area (Å²) in [5.74, 6) is 0.717. The van der Waals surface area contributed by atoms with Gasteiger partial charge in [0.05, 0.1) is 16.0 Å². The van der Waals surface area contributed by atoms with Gasteiger partial charge in [-0.2, -0.15) is 5.26 Å². The zero-order valence-corrected chi connectivity index (χ0v) is 18.4. The van der Waals surface area contributed by atoms with E-state index in [1.165, 1.54) is 16.9 Å². The molecule has 1 heterocycles. The highest BCUT2D eigenvalue weighted by Gasteiger charge is 2.20. The average molecular weight is 427 g/mol. The number of carbonyl (C=O) groups is 1. The van der Waals surface area contributed by atoms with Crippen LogP contribution in [0.4, 0.5) is 5.00 Å². The van der Waals surface area contributed by atoms with Gasteiger partial charge in [0.1, 0.15) is 16.8 Å². The van der Waals surface area contributed by atoms with E-state index in [2.05, 4.69) is 30.4 Å². The Morgan fingerprint density at radius 1 is 1.24 bits per heavy atom. The largest absolute Gasteiger partial charge is 0.494 e. The minimum absolute atomic E-state index is 0.107. The first-order valence-electron chi connectivity index (χ1n) is 10.2. The summed E-state index contributed by atoms with van der Waals surface area (Å²) in [4.78, 5) is 12.4. The van der Waals surface area contributed by atoms with Crippen LogP contribution >= 0.6 is 23.6 Å². The maximum Gasteiger partial charge on any atom is 0.225 e. The first-order chi connectivity index (χ1) is 14.1. The predicted octanol–water partition coefficient (Wildman–Crippen LogP) is 5.98. The molecule has 29 heavy (non-hydrogen) atoms. The molecule has 4 nitrogen and oxygen atoms in total. The third kappa shape index (κ3) is 5.65. The number of carbonyl (C=O) groups excluding carboxylic acids is 1. The Hall–Kier alpha value is -2.23. The highest BCUT2D eigenvalue weighted by atomic mass is 32.1. The van der Waals surface area contributed by atoms with Gasteiger partial charge < -0.3 is 10.1 Å². The third-order valence-electron chi connectivity index (χ3n) is 5.08. The molecule has 0 bridgehead atoms. The van der Waals surface area contributed by atoms with Crippen LogP contribution in [-0.4, -0.2) is 12.5 Å². The number of anilines is 1. The Bertz CT molecular complexity index is 959. The van der Waals surface area contributed by atoms with Crippen molar-refractivity contribution < 1.29 is 9.53 Å². The Morgan fingerprint density at radius 2 is 1.97 bits per heavy atom. The van der Waals surface area contributed by atoms with E-state index in [-0.39, 0.29) is 5.91 Å². The van der Waals surface area contributed by atoms with Crippen molar-refractivity contribution in [3.8, 4) is 11.8 Å². The van der Waals surface area contributed by atoms with E-state index in [1.807, 2.05) is 12.1 Å². The Labute approximate surface area is 181 Å². The normalized spacial score (nSPS) is 12.7. The number of ether oxygens (including phenoxy) is 1. The summed E-state index contributed by atoms with van der Waals surface area (Å²) >= 11 is 6.85. The van der Waals surface area contributed by atoms with Gasteiger partial charge in [0.2, 0.25) is 5.91 Å². The summed E-state index contributed by atoms with van der Waals surface area (Å²) < 4.78 is 6.53. The van der Waals surface area contributed by atoms with Gasteiger partial charge in [-0.15, -0.1) is 11.3 Å². The Morgan fingerprint density at radius 3 is 2.66 bits per heavy atom. The average Bonchev–Trinajstić information content (AvgIpc) is 2.73. The minimum Gasteiger partial charge on any atom is -0.494 e. The van der Waals surface area contributed by atoms with Crippen molar-refractivity contribution in [3.05, 3.63) is 50.3 Å². The molecule has 0 unspecified atom stereocenters. The smallest absolute Gasteiger partial charge is 0.225 e. The summed E-state index contributed by atoms with van der Waals surface area (Å²) in [6, 6.07) is 10.4. The lowest BCUT2D eigenvalue weighted by molar-refractivity contribution is -0.116. The highest BCUT2D eigenvalue weighted by molar-refractivity contribution is 7.73. The molecule has 1 aliphatic rings. The summed E-state index contributed by atoms with van der Waals surface area (Å²) in [5.41, 5.74) is 4.06. The monoisotopic (exact) mass is 426 g/mol. The van der Waals surface area contributed by atoms with Crippen molar-refractivity contribution in [2.24, 2.45) is 0 Å². The van der Waals surface area contributed by atoms with E-state index >= 15 is 0 Å². The van der Waals surface area contributed by atoms with Crippen molar-refractivity contribution >= 4 is 34.5 Å². The number of aryl methyl sites for hydroxylation is 1. The second-order valence-electron chi connectivity index (χ2n) is 7.26. The number of nitrogens with zero attached hydrogens (tertiary/aromatic N) is 1. The number of rotatable bonds is 8. The lowest BCUT2D eigenvalue weighted by Gasteiger charge is -2.18. The van der Waals surface area contributed by atoms with E-state index in [0.717, 1.165) is 59.2 Å². The van der Waals surface area contributed by atoms with Gasteiger partial charge in [0.15, 0.2) is 0 Å². The maximum atomic E-state index is 12.4. The van der Waals surface area contributed by atoms with Crippen LogP contribution in [0, 0.1) is 15.2 Å². The molecule has 0 fully saturated rings. The molecule has 1 amide bonds. The molecule has 0 atom stereocenters. The maximum absolute atomic E-state index is 12.4. The predicted molar refractivity (Wildman–Crippen MR) is 120 cm³/mol.